The minimum Gasteiger partial charge on any atom is -0.386 e. The Kier molecular flexibility index (Phi) is 4.38. The summed E-state index contributed by atoms with van der Waals surface area (Å²) in [5.74, 6) is -1.35. The molecule has 0 heterocycles. The molecule has 0 aliphatic rings. The molecule has 16 heavy (non-hydrogen) atoms. The van der Waals surface area contributed by atoms with Crippen LogP contribution in [0.15, 0.2) is 18.2 Å². The fourth-order valence-corrected chi connectivity index (χ4v) is 1.70. The molecule has 0 aromatic heterocycles. The lowest BCUT2D eigenvalue weighted by Crippen LogP contribution is -2.26. The summed E-state index contributed by atoms with van der Waals surface area (Å²) in [5.41, 5.74) is 0.193. The third-order valence-electron chi connectivity index (χ3n) is 2.47. The van der Waals surface area contributed by atoms with Crippen molar-refractivity contribution in [3.8, 4) is 0 Å². The molecule has 2 unspecified atom stereocenters. The number of hydrogen-bond acceptors (Lipinski definition) is 2. The highest BCUT2D eigenvalue weighted by molar-refractivity contribution is 5.21. The van der Waals surface area contributed by atoms with Crippen LogP contribution < -0.4 is 0 Å². The van der Waals surface area contributed by atoms with Gasteiger partial charge in [-0.1, -0.05) is 13.8 Å². The monoisotopic (exact) mass is 230 g/mol. The van der Waals surface area contributed by atoms with Crippen molar-refractivity contribution >= 4 is 0 Å². The van der Waals surface area contributed by atoms with E-state index in [9.17, 15) is 13.9 Å². The summed E-state index contributed by atoms with van der Waals surface area (Å²) in [7, 11) is 1.46. The quantitative estimate of drug-likeness (QED) is 0.861. The number of ether oxygens (including phenoxy) is 1. The van der Waals surface area contributed by atoms with Crippen LogP contribution in [0.5, 0.6) is 0 Å². The van der Waals surface area contributed by atoms with Gasteiger partial charge in [-0.2, -0.15) is 0 Å². The molecule has 0 bridgehead atoms. The predicted molar refractivity (Wildman–Crippen MR) is 57.0 cm³/mol. The summed E-state index contributed by atoms with van der Waals surface area (Å²) in [5, 5.41) is 9.94. The van der Waals surface area contributed by atoms with Gasteiger partial charge in [0.15, 0.2) is 0 Å². The smallest absolute Gasteiger partial charge is 0.126 e. The normalized spacial score (nSPS) is 15.2. The minimum absolute atomic E-state index is 0.0475. The van der Waals surface area contributed by atoms with Crippen LogP contribution in [-0.4, -0.2) is 18.3 Å². The largest absolute Gasteiger partial charge is 0.386 e. The van der Waals surface area contributed by atoms with Gasteiger partial charge in [0, 0.05) is 13.2 Å². The van der Waals surface area contributed by atoms with Gasteiger partial charge >= 0.3 is 0 Å². The maximum absolute atomic E-state index is 13.0. The number of halogens is 2. The third-order valence-corrected chi connectivity index (χ3v) is 2.47. The Balaban J connectivity index is 2.98. The number of aliphatic hydroxyl groups excluding tert-OH is 1. The average molecular weight is 230 g/mol. The molecule has 2 atom stereocenters. The van der Waals surface area contributed by atoms with E-state index in [0.29, 0.717) is 0 Å². The highest BCUT2D eigenvalue weighted by atomic mass is 19.1. The SMILES string of the molecule is COC(C(C)C)C(O)c1cc(F)cc(F)c1. The van der Waals surface area contributed by atoms with E-state index in [1.807, 2.05) is 13.8 Å². The predicted octanol–water partition coefficient (Wildman–Crippen LogP) is 2.67. The second-order valence-corrected chi connectivity index (χ2v) is 4.09. The highest BCUT2D eigenvalue weighted by Gasteiger charge is 2.24. The fourth-order valence-electron chi connectivity index (χ4n) is 1.70. The van der Waals surface area contributed by atoms with Crippen molar-refractivity contribution in [3.63, 3.8) is 0 Å². The van der Waals surface area contributed by atoms with Crippen molar-refractivity contribution in [2.75, 3.05) is 7.11 Å². The first-order valence-electron chi connectivity index (χ1n) is 5.12. The second-order valence-electron chi connectivity index (χ2n) is 4.09. The zero-order chi connectivity index (χ0) is 12.3. The van der Waals surface area contributed by atoms with Gasteiger partial charge in [0.1, 0.15) is 17.7 Å². The molecule has 0 spiro atoms. The van der Waals surface area contributed by atoms with Gasteiger partial charge in [0.25, 0.3) is 0 Å². The fraction of sp³-hybridized carbons (Fsp3) is 0.500. The van der Waals surface area contributed by atoms with E-state index in [0.717, 1.165) is 18.2 Å². The van der Waals surface area contributed by atoms with E-state index >= 15 is 0 Å². The molecule has 0 saturated carbocycles. The topological polar surface area (TPSA) is 29.5 Å². The Morgan fingerprint density at radius 2 is 1.62 bits per heavy atom. The molecule has 0 fully saturated rings. The molecule has 1 aromatic carbocycles. The maximum atomic E-state index is 13.0. The van der Waals surface area contributed by atoms with E-state index in [-0.39, 0.29) is 11.5 Å². The van der Waals surface area contributed by atoms with E-state index in [4.69, 9.17) is 4.74 Å². The van der Waals surface area contributed by atoms with Gasteiger partial charge in [-0.15, -0.1) is 0 Å². The number of aliphatic hydroxyl groups is 1. The highest BCUT2D eigenvalue weighted by Crippen LogP contribution is 2.25. The van der Waals surface area contributed by atoms with Crippen LogP contribution in [0.3, 0.4) is 0 Å². The summed E-state index contributed by atoms with van der Waals surface area (Å²) in [6, 6.07) is 3.00. The van der Waals surface area contributed by atoms with Crippen LogP contribution in [0.2, 0.25) is 0 Å². The second kappa shape index (κ2) is 5.37. The number of hydrogen-bond donors (Lipinski definition) is 1. The molecule has 0 saturated heterocycles. The van der Waals surface area contributed by atoms with Gasteiger partial charge in [-0.05, 0) is 23.6 Å². The van der Waals surface area contributed by atoms with Crippen LogP contribution in [0.1, 0.15) is 25.5 Å². The Bertz CT molecular complexity index is 333. The summed E-state index contributed by atoms with van der Waals surface area (Å²) < 4.78 is 31.0. The van der Waals surface area contributed by atoms with Crippen molar-refractivity contribution in [2.24, 2.45) is 5.92 Å². The van der Waals surface area contributed by atoms with Crippen molar-refractivity contribution < 1.29 is 18.6 Å². The zero-order valence-corrected chi connectivity index (χ0v) is 9.58. The Morgan fingerprint density at radius 3 is 2.00 bits per heavy atom. The van der Waals surface area contributed by atoms with Gasteiger partial charge < -0.3 is 9.84 Å². The van der Waals surface area contributed by atoms with Crippen LogP contribution in [-0.2, 0) is 4.74 Å². The molecule has 1 aromatic rings. The van der Waals surface area contributed by atoms with Crippen LogP contribution in [0.4, 0.5) is 8.78 Å². The molecule has 90 valence electrons. The molecule has 2 nitrogen and oxygen atoms in total. The zero-order valence-electron chi connectivity index (χ0n) is 9.58. The molecule has 0 amide bonds. The number of methoxy groups -OCH3 is 1. The van der Waals surface area contributed by atoms with E-state index in [2.05, 4.69) is 0 Å². The Morgan fingerprint density at radius 1 is 1.12 bits per heavy atom. The minimum atomic E-state index is -1.03. The van der Waals surface area contributed by atoms with E-state index in [1.54, 1.807) is 0 Å². The van der Waals surface area contributed by atoms with E-state index in [1.165, 1.54) is 7.11 Å². The average Bonchev–Trinajstić information content (AvgIpc) is 2.16. The lowest BCUT2D eigenvalue weighted by Gasteiger charge is -2.25. The summed E-state index contributed by atoms with van der Waals surface area (Å²) in [6.45, 7) is 3.74. The maximum Gasteiger partial charge on any atom is 0.126 e. The van der Waals surface area contributed by atoms with Gasteiger partial charge in [-0.3, -0.25) is 0 Å². The first kappa shape index (κ1) is 13.1. The van der Waals surface area contributed by atoms with Gasteiger partial charge in [0.05, 0.1) is 6.10 Å². The first-order chi connectivity index (χ1) is 7.45. The van der Waals surface area contributed by atoms with Crippen LogP contribution >= 0.6 is 0 Å². The third kappa shape index (κ3) is 3.00. The molecule has 1 rings (SSSR count). The standard InChI is InChI=1S/C12H16F2O2/c1-7(2)12(16-3)11(15)8-4-9(13)6-10(14)5-8/h4-7,11-12,15H,1-3H3. The van der Waals surface area contributed by atoms with Crippen molar-refractivity contribution in [1.82, 2.24) is 0 Å². The molecular weight excluding hydrogens is 214 g/mol. The van der Waals surface area contributed by atoms with Crippen LogP contribution in [0, 0.1) is 17.6 Å². The molecule has 0 aliphatic heterocycles. The molecule has 0 aliphatic carbocycles. The van der Waals surface area contributed by atoms with Crippen molar-refractivity contribution in [3.05, 3.63) is 35.4 Å². The number of benzene rings is 1. The molecule has 0 radical (unpaired) electrons. The van der Waals surface area contributed by atoms with E-state index < -0.39 is 23.8 Å². The summed E-state index contributed by atoms with van der Waals surface area (Å²) in [4.78, 5) is 0. The first-order valence-corrected chi connectivity index (χ1v) is 5.12. The molecular formula is C12H16F2O2. The van der Waals surface area contributed by atoms with Crippen LogP contribution in [0.25, 0.3) is 0 Å². The molecule has 4 heteroatoms. The Labute approximate surface area is 93.9 Å². The summed E-state index contributed by atoms with van der Waals surface area (Å²) >= 11 is 0. The van der Waals surface area contributed by atoms with Crippen molar-refractivity contribution in [2.45, 2.75) is 26.1 Å². The number of rotatable bonds is 4. The van der Waals surface area contributed by atoms with Crippen molar-refractivity contribution in [1.29, 1.82) is 0 Å². The van der Waals surface area contributed by atoms with Gasteiger partial charge in [-0.25, -0.2) is 8.78 Å². The Hall–Kier alpha value is -1.00. The molecule has 1 N–H and O–H groups in total. The lowest BCUT2D eigenvalue weighted by molar-refractivity contribution is -0.0393. The van der Waals surface area contributed by atoms with Gasteiger partial charge in [0.2, 0.25) is 0 Å². The lowest BCUT2D eigenvalue weighted by atomic mass is 9.96. The summed E-state index contributed by atoms with van der Waals surface area (Å²) in [6.07, 6.45) is -1.52.